The normalized spacial score (nSPS) is 11.2. The highest BCUT2D eigenvalue weighted by Gasteiger charge is 2.15. The molecule has 0 unspecified atom stereocenters. The number of hydrogen-bond acceptors (Lipinski definition) is 4. The molecule has 1 N–H and O–H groups in total. The number of H-pyrrole nitrogens is 1. The number of aryl methyl sites for hydroxylation is 2. The third kappa shape index (κ3) is 2.98. The van der Waals surface area contributed by atoms with Crippen molar-refractivity contribution in [2.45, 2.75) is 19.8 Å². The van der Waals surface area contributed by atoms with Gasteiger partial charge in [0.25, 0.3) is 0 Å². The van der Waals surface area contributed by atoms with Crippen LogP contribution in [0.25, 0.3) is 16.6 Å². The third-order valence-electron chi connectivity index (χ3n) is 4.23. The van der Waals surface area contributed by atoms with Crippen LogP contribution in [0.15, 0.2) is 48.9 Å². The maximum absolute atomic E-state index is 12.3. The summed E-state index contributed by atoms with van der Waals surface area (Å²) < 4.78 is 6.98. The molecule has 0 amide bonds. The van der Waals surface area contributed by atoms with E-state index in [9.17, 15) is 4.79 Å². The van der Waals surface area contributed by atoms with Gasteiger partial charge in [0.15, 0.2) is 5.65 Å². The van der Waals surface area contributed by atoms with Gasteiger partial charge in [0, 0.05) is 29.0 Å². The van der Waals surface area contributed by atoms with Gasteiger partial charge in [0.1, 0.15) is 5.56 Å². The molecular weight excluding hydrogens is 316 g/mol. The van der Waals surface area contributed by atoms with Crippen LogP contribution in [0, 0.1) is 6.92 Å². The lowest BCUT2D eigenvalue weighted by molar-refractivity contribution is 0.0503. The number of benzene rings is 1. The maximum atomic E-state index is 12.3. The molecule has 0 saturated carbocycles. The van der Waals surface area contributed by atoms with Crippen molar-refractivity contribution in [1.29, 1.82) is 0 Å². The minimum atomic E-state index is -0.382. The highest BCUT2D eigenvalue weighted by Crippen LogP contribution is 2.19. The van der Waals surface area contributed by atoms with Crippen molar-refractivity contribution in [2.75, 3.05) is 6.61 Å². The van der Waals surface area contributed by atoms with Crippen LogP contribution in [0.3, 0.4) is 0 Å². The van der Waals surface area contributed by atoms with E-state index >= 15 is 0 Å². The van der Waals surface area contributed by atoms with Gasteiger partial charge >= 0.3 is 5.97 Å². The van der Waals surface area contributed by atoms with Crippen molar-refractivity contribution in [3.05, 3.63) is 65.7 Å². The Kier molecular flexibility index (Phi) is 3.93. The van der Waals surface area contributed by atoms with E-state index < -0.39 is 0 Å². The zero-order chi connectivity index (χ0) is 17.2. The van der Waals surface area contributed by atoms with E-state index in [4.69, 9.17) is 4.74 Å². The number of aromatic nitrogens is 4. The molecule has 0 aliphatic carbocycles. The van der Waals surface area contributed by atoms with Crippen LogP contribution in [0.5, 0.6) is 0 Å². The summed E-state index contributed by atoms with van der Waals surface area (Å²) in [6, 6.07) is 10.0. The minimum Gasteiger partial charge on any atom is -0.462 e. The van der Waals surface area contributed by atoms with Gasteiger partial charge in [-0.25, -0.2) is 14.3 Å². The maximum Gasteiger partial charge on any atom is 0.343 e. The van der Waals surface area contributed by atoms with E-state index in [1.807, 2.05) is 31.3 Å². The number of nitrogens with zero attached hydrogens (tertiary/aromatic N) is 3. The number of carbonyl (C=O) groups excluding carboxylic acids is 1. The van der Waals surface area contributed by atoms with Gasteiger partial charge in [-0.3, -0.25) is 0 Å². The molecule has 0 bridgehead atoms. The second-order valence-corrected chi connectivity index (χ2v) is 5.99. The number of fused-ring (bicyclic) bond motifs is 2. The topological polar surface area (TPSA) is 72.3 Å². The fraction of sp³-hybridized carbons (Fsp3) is 0.211. The molecular formula is C19H18N4O2. The lowest BCUT2D eigenvalue weighted by Crippen LogP contribution is -2.07. The highest BCUT2D eigenvalue weighted by molar-refractivity contribution is 5.95. The number of rotatable bonds is 5. The van der Waals surface area contributed by atoms with Crippen molar-refractivity contribution in [1.82, 2.24) is 19.6 Å². The van der Waals surface area contributed by atoms with E-state index in [0.29, 0.717) is 17.8 Å². The predicted molar refractivity (Wildman–Crippen MR) is 94.6 cm³/mol. The average molecular weight is 334 g/mol. The highest BCUT2D eigenvalue weighted by atomic mass is 16.5. The van der Waals surface area contributed by atoms with Crippen molar-refractivity contribution >= 4 is 22.5 Å². The minimum absolute atomic E-state index is 0.363. The van der Waals surface area contributed by atoms with E-state index in [1.165, 1.54) is 17.1 Å². The van der Waals surface area contributed by atoms with Crippen molar-refractivity contribution < 1.29 is 9.53 Å². The zero-order valence-corrected chi connectivity index (χ0v) is 13.9. The van der Waals surface area contributed by atoms with Gasteiger partial charge in [0.05, 0.1) is 12.8 Å². The van der Waals surface area contributed by atoms with Crippen LogP contribution in [-0.2, 0) is 11.2 Å². The Morgan fingerprint density at radius 1 is 1.28 bits per heavy atom. The molecule has 25 heavy (non-hydrogen) atoms. The summed E-state index contributed by atoms with van der Waals surface area (Å²) in [7, 11) is 0. The van der Waals surface area contributed by atoms with Gasteiger partial charge in [0.2, 0.25) is 0 Å². The summed E-state index contributed by atoms with van der Waals surface area (Å²) in [4.78, 5) is 19.9. The van der Waals surface area contributed by atoms with Crippen LogP contribution in [0.4, 0.5) is 0 Å². The summed E-state index contributed by atoms with van der Waals surface area (Å²) in [6.45, 7) is 2.24. The standard InChI is InChI=1S/C19H18N4O2/c1-13-8-9-23-18(22-13)16(12-21-23)19(24)25-10-4-5-14-11-20-17-7-3-2-6-15(14)17/h2-3,6-9,11-12,20H,4-5,10H2,1H3. The molecule has 3 aromatic heterocycles. The molecule has 126 valence electrons. The molecule has 0 radical (unpaired) electrons. The third-order valence-corrected chi connectivity index (χ3v) is 4.23. The van der Waals surface area contributed by atoms with Crippen LogP contribution in [0.1, 0.15) is 28.0 Å². The van der Waals surface area contributed by atoms with Gasteiger partial charge in [-0.15, -0.1) is 0 Å². The van der Waals surface area contributed by atoms with Gasteiger partial charge in [-0.05, 0) is 37.5 Å². The quantitative estimate of drug-likeness (QED) is 0.449. The fourth-order valence-electron chi connectivity index (χ4n) is 2.95. The van der Waals surface area contributed by atoms with Crippen molar-refractivity contribution in [2.24, 2.45) is 0 Å². The Balaban J connectivity index is 1.38. The van der Waals surface area contributed by atoms with Crippen LogP contribution >= 0.6 is 0 Å². The number of esters is 1. The number of para-hydroxylation sites is 1. The van der Waals surface area contributed by atoms with E-state index in [-0.39, 0.29) is 5.97 Å². The largest absolute Gasteiger partial charge is 0.462 e. The molecule has 1 aromatic carbocycles. The lowest BCUT2D eigenvalue weighted by atomic mass is 10.1. The monoisotopic (exact) mass is 334 g/mol. The number of carbonyl (C=O) groups is 1. The first-order valence-electron chi connectivity index (χ1n) is 8.25. The fourth-order valence-corrected chi connectivity index (χ4v) is 2.95. The van der Waals surface area contributed by atoms with Gasteiger partial charge < -0.3 is 9.72 Å². The number of nitrogens with one attached hydrogen (secondary N) is 1. The number of ether oxygens (including phenoxy) is 1. The lowest BCUT2D eigenvalue weighted by Gasteiger charge is -2.04. The van der Waals surface area contributed by atoms with Crippen molar-refractivity contribution in [3.63, 3.8) is 0 Å². The van der Waals surface area contributed by atoms with Crippen LogP contribution in [-0.4, -0.2) is 32.2 Å². The molecule has 0 saturated heterocycles. The summed E-state index contributed by atoms with van der Waals surface area (Å²) in [5.41, 5.74) is 4.13. The first-order chi connectivity index (χ1) is 12.2. The first kappa shape index (κ1) is 15.4. The van der Waals surface area contributed by atoms with Crippen LogP contribution < -0.4 is 0 Å². The molecule has 6 nitrogen and oxygen atoms in total. The second kappa shape index (κ2) is 6.39. The first-order valence-corrected chi connectivity index (χ1v) is 8.25. The second-order valence-electron chi connectivity index (χ2n) is 5.99. The molecule has 0 spiro atoms. The molecule has 0 fully saturated rings. The molecule has 0 aliphatic rings. The molecule has 4 rings (SSSR count). The summed E-state index contributed by atoms with van der Waals surface area (Å²) >= 11 is 0. The molecule has 4 aromatic rings. The molecule has 0 aliphatic heterocycles. The van der Waals surface area contributed by atoms with E-state index in [2.05, 4.69) is 27.2 Å². The Morgan fingerprint density at radius 2 is 2.16 bits per heavy atom. The average Bonchev–Trinajstić information content (AvgIpc) is 3.22. The van der Waals surface area contributed by atoms with E-state index in [0.717, 1.165) is 24.1 Å². The Bertz CT molecular complexity index is 1050. The zero-order valence-electron chi connectivity index (χ0n) is 13.9. The van der Waals surface area contributed by atoms with Gasteiger partial charge in [-0.1, -0.05) is 18.2 Å². The summed E-state index contributed by atoms with van der Waals surface area (Å²) in [5.74, 6) is -0.382. The molecule has 3 heterocycles. The number of aromatic amines is 1. The SMILES string of the molecule is Cc1ccn2ncc(C(=O)OCCCc3c[nH]c4ccccc34)c2n1. The molecule has 0 atom stereocenters. The van der Waals surface area contributed by atoms with Crippen LogP contribution in [0.2, 0.25) is 0 Å². The van der Waals surface area contributed by atoms with Gasteiger partial charge in [-0.2, -0.15) is 5.10 Å². The number of hydrogen-bond donors (Lipinski definition) is 1. The summed E-state index contributed by atoms with van der Waals surface area (Å²) in [5, 5.41) is 5.35. The molecule has 6 heteroatoms. The Hall–Kier alpha value is -3.15. The Labute approximate surface area is 144 Å². The predicted octanol–water partition coefficient (Wildman–Crippen LogP) is 3.31. The summed E-state index contributed by atoms with van der Waals surface area (Å²) in [6.07, 6.45) is 6.92. The van der Waals surface area contributed by atoms with E-state index in [1.54, 1.807) is 10.7 Å². The smallest absolute Gasteiger partial charge is 0.343 e. The Morgan fingerprint density at radius 3 is 3.08 bits per heavy atom. The van der Waals surface area contributed by atoms with Crippen molar-refractivity contribution in [3.8, 4) is 0 Å².